The molecule has 0 saturated carbocycles. The van der Waals surface area contributed by atoms with Gasteiger partial charge in [0.1, 0.15) is 0 Å². The van der Waals surface area contributed by atoms with E-state index in [1.54, 1.807) is 19.6 Å². The number of ether oxygens (including phenoxy) is 1. The van der Waals surface area contributed by atoms with Crippen LogP contribution in [0.4, 0.5) is 0 Å². The zero-order chi connectivity index (χ0) is 11.5. The molecule has 0 radical (unpaired) electrons. The molecule has 2 atom stereocenters. The Hall–Kier alpha value is -1.40. The number of hydrogen-bond acceptors (Lipinski definition) is 4. The van der Waals surface area contributed by atoms with Crippen molar-refractivity contribution < 1.29 is 14.6 Å². The van der Waals surface area contributed by atoms with Gasteiger partial charge in [-0.2, -0.15) is 0 Å². The lowest BCUT2D eigenvalue weighted by atomic mass is 10.2. The van der Waals surface area contributed by atoms with Crippen molar-refractivity contribution in [3.63, 3.8) is 0 Å². The predicted octanol–water partition coefficient (Wildman–Crippen LogP) is -0.161. The number of aliphatic carboxylic acids is 1. The monoisotopic (exact) mass is 225 g/mol. The summed E-state index contributed by atoms with van der Waals surface area (Å²) in [6.45, 7) is 1.39. The van der Waals surface area contributed by atoms with Crippen LogP contribution in [0.25, 0.3) is 0 Å². The summed E-state index contributed by atoms with van der Waals surface area (Å²) in [5, 5.41) is 8.75. The first kappa shape index (κ1) is 11.1. The maximum absolute atomic E-state index is 10.6. The van der Waals surface area contributed by atoms with E-state index in [2.05, 4.69) is 4.98 Å². The first-order valence-electron chi connectivity index (χ1n) is 5.15. The second kappa shape index (κ2) is 4.63. The smallest absolute Gasteiger partial charge is 0.317 e. The molecule has 16 heavy (non-hydrogen) atoms. The van der Waals surface area contributed by atoms with Crippen LogP contribution >= 0.6 is 0 Å². The second-order valence-corrected chi connectivity index (χ2v) is 3.94. The number of carboxylic acid groups (broad SMARTS) is 1. The average molecular weight is 225 g/mol. The van der Waals surface area contributed by atoms with Gasteiger partial charge in [0.05, 0.1) is 25.0 Å². The molecule has 88 valence electrons. The zero-order valence-corrected chi connectivity index (χ0v) is 9.11. The van der Waals surface area contributed by atoms with Gasteiger partial charge in [-0.25, -0.2) is 4.98 Å². The highest BCUT2D eigenvalue weighted by molar-refractivity contribution is 5.69. The highest BCUT2D eigenvalue weighted by Gasteiger charge is 2.34. The summed E-state index contributed by atoms with van der Waals surface area (Å²) in [7, 11) is 1.65. The van der Waals surface area contributed by atoms with Gasteiger partial charge in [-0.1, -0.05) is 0 Å². The highest BCUT2D eigenvalue weighted by atomic mass is 16.5. The van der Waals surface area contributed by atoms with Gasteiger partial charge in [0.15, 0.2) is 0 Å². The van der Waals surface area contributed by atoms with Gasteiger partial charge in [-0.3, -0.25) is 9.69 Å². The number of methoxy groups -OCH3 is 1. The minimum Gasteiger partial charge on any atom is -0.480 e. The molecule has 1 aromatic heterocycles. The minimum absolute atomic E-state index is 0.0218. The van der Waals surface area contributed by atoms with Gasteiger partial charge in [0, 0.05) is 32.6 Å². The fourth-order valence-electron chi connectivity index (χ4n) is 2.14. The molecular weight excluding hydrogens is 210 g/mol. The molecule has 6 heteroatoms. The number of carbonyl (C=O) groups is 1. The molecule has 0 bridgehead atoms. The lowest BCUT2D eigenvalue weighted by Crippen LogP contribution is -2.28. The fourth-order valence-corrected chi connectivity index (χ4v) is 2.14. The van der Waals surface area contributed by atoms with Crippen LogP contribution in [0.1, 0.15) is 6.04 Å². The molecule has 1 N–H and O–H groups in total. The van der Waals surface area contributed by atoms with Crippen LogP contribution in [0.3, 0.4) is 0 Å². The van der Waals surface area contributed by atoms with E-state index in [1.807, 2.05) is 15.7 Å². The van der Waals surface area contributed by atoms with Crippen molar-refractivity contribution in [2.45, 2.75) is 12.1 Å². The quantitative estimate of drug-likeness (QED) is 0.771. The van der Waals surface area contributed by atoms with Crippen molar-refractivity contribution in [3.8, 4) is 0 Å². The summed E-state index contributed by atoms with van der Waals surface area (Å²) in [4.78, 5) is 16.5. The molecule has 0 spiro atoms. The van der Waals surface area contributed by atoms with E-state index >= 15 is 0 Å². The van der Waals surface area contributed by atoms with Crippen molar-refractivity contribution in [3.05, 3.63) is 18.7 Å². The molecule has 0 aromatic carbocycles. The first-order valence-corrected chi connectivity index (χ1v) is 5.15. The summed E-state index contributed by atoms with van der Waals surface area (Å²) in [6, 6.07) is 0.145. The van der Waals surface area contributed by atoms with Crippen molar-refractivity contribution in [1.29, 1.82) is 0 Å². The zero-order valence-electron chi connectivity index (χ0n) is 9.11. The standard InChI is InChI=1S/C10H15N3O3/c1-16-9-5-12(6-10(14)15)4-8(9)13-3-2-11-7-13/h2-3,7-9H,4-6H2,1H3,(H,14,15)/t8-,9-/m1/s1. The van der Waals surface area contributed by atoms with Crippen molar-refractivity contribution in [2.24, 2.45) is 0 Å². The van der Waals surface area contributed by atoms with E-state index in [9.17, 15) is 4.79 Å². The number of likely N-dealkylation sites (tertiary alicyclic amines) is 1. The molecule has 2 rings (SSSR count). The fraction of sp³-hybridized carbons (Fsp3) is 0.600. The summed E-state index contributed by atoms with van der Waals surface area (Å²) in [6.07, 6.45) is 5.35. The van der Waals surface area contributed by atoms with Crippen LogP contribution in [0.2, 0.25) is 0 Å². The third-order valence-electron chi connectivity index (χ3n) is 2.88. The van der Waals surface area contributed by atoms with E-state index in [4.69, 9.17) is 9.84 Å². The summed E-state index contributed by atoms with van der Waals surface area (Å²) in [5.41, 5.74) is 0. The Morgan fingerprint density at radius 2 is 2.44 bits per heavy atom. The Morgan fingerprint density at radius 1 is 1.62 bits per heavy atom. The van der Waals surface area contributed by atoms with E-state index < -0.39 is 5.97 Å². The van der Waals surface area contributed by atoms with Crippen molar-refractivity contribution >= 4 is 5.97 Å². The molecule has 6 nitrogen and oxygen atoms in total. The highest BCUT2D eigenvalue weighted by Crippen LogP contribution is 2.23. The molecule has 1 aromatic rings. The third kappa shape index (κ3) is 2.23. The summed E-state index contributed by atoms with van der Waals surface area (Å²) >= 11 is 0. The van der Waals surface area contributed by atoms with Gasteiger partial charge in [-0.15, -0.1) is 0 Å². The van der Waals surface area contributed by atoms with Crippen LogP contribution < -0.4 is 0 Å². The molecule has 1 aliphatic heterocycles. The minimum atomic E-state index is -0.805. The molecule has 2 heterocycles. The maximum Gasteiger partial charge on any atom is 0.317 e. The molecular formula is C10H15N3O3. The molecule has 0 aliphatic carbocycles. The van der Waals surface area contributed by atoms with Crippen molar-refractivity contribution in [1.82, 2.24) is 14.5 Å². The number of nitrogens with zero attached hydrogens (tertiary/aromatic N) is 3. The van der Waals surface area contributed by atoms with Gasteiger partial charge < -0.3 is 14.4 Å². The Labute approximate surface area is 93.4 Å². The predicted molar refractivity (Wildman–Crippen MR) is 56.1 cm³/mol. The second-order valence-electron chi connectivity index (χ2n) is 3.94. The van der Waals surface area contributed by atoms with Gasteiger partial charge in [0.2, 0.25) is 0 Å². The topological polar surface area (TPSA) is 67.6 Å². The summed E-state index contributed by atoms with van der Waals surface area (Å²) < 4.78 is 7.34. The molecule has 0 amide bonds. The number of rotatable bonds is 4. The maximum atomic E-state index is 10.6. The van der Waals surface area contributed by atoms with E-state index in [0.29, 0.717) is 13.1 Å². The number of aromatic nitrogens is 2. The van der Waals surface area contributed by atoms with E-state index in [1.165, 1.54) is 0 Å². The third-order valence-corrected chi connectivity index (χ3v) is 2.88. The summed E-state index contributed by atoms with van der Waals surface area (Å²) in [5.74, 6) is -0.805. The van der Waals surface area contributed by atoms with Crippen LogP contribution in [-0.4, -0.2) is 58.4 Å². The van der Waals surface area contributed by atoms with Crippen LogP contribution in [0, 0.1) is 0 Å². The normalized spacial score (nSPS) is 26.1. The van der Waals surface area contributed by atoms with Gasteiger partial charge in [-0.05, 0) is 0 Å². The number of carboxylic acids is 1. The first-order chi connectivity index (χ1) is 7.70. The Bertz CT molecular complexity index is 352. The van der Waals surface area contributed by atoms with E-state index in [0.717, 1.165) is 0 Å². The Kier molecular flexibility index (Phi) is 3.21. The average Bonchev–Trinajstić information content (AvgIpc) is 2.83. The van der Waals surface area contributed by atoms with Crippen LogP contribution in [-0.2, 0) is 9.53 Å². The van der Waals surface area contributed by atoms with Gasteiger partial charge in [0.25, 0.3) is 0 Å². The Balaban J connectivity index is 2.05. The molecule has 1 aliphatic rings. The van der Waals surface area contributed by atoms with Crippen LogP contribution in [0.5, 0.6) is 0 Å². The molecule has 0 unspecified atom stereocenters. The molecule has 1 saturated heterocycles. The molecule has 1 fully saturated rings. The van der Waals surface area contributed by atoms with Gasteiger partial charge >= 0.3 is 5.97 Å². The SMILES string of the molecule is CO[C@@H]1CN(CC(=O)O)C[C@H]1n1ccnc1. The van der Waals surface area contributed by atoms with E-state index in [-0.39, 0.29) is 18.7 Å². The lowest BCUT2D eigenvalue weighted by molar-refractivity contribution is -0.138. The number of imidazole rings is 1. The van der Waals surface area contributed by atoms with Crippen LogP contribution in [0.15, 0.2) is 18.7 Å². The Morgan fingerprint density at radius 3 is 3.00 bits per heavy atom. The largest absolute Gasteiger partial charge is 0.480 e. The lowest BCUT2D eigenvalue weighted by Gasteiger charge is -2.17. The van der Waals surface area contributed by atoms with Crippen molar-refractivity contribution in [2.75, 3.05) is 26.7 Å². The number of hydrogen-bond donors (Lipinski definition) is 1.